The predicted octanol–water partition coefficient (Wildman–Crippen LogP) is 5.12. The van der Waals surface area contributed by atoms with Crippen LogP contribution in [-0.4, -0.2) is 68.2 Å². The molecule has 36 heavy (non-hydrogen) atoms. The lowest BCUT2D eigenvalue weighted by atomic mass is 9.98. The van der Waals surface area contributed by atoms with E-state index in [4.69, 9.17) is 4.84 Å². The lowest BCUT2D eigenvalue weighted by Gasteiger charge is -2.38. The first-order chi connectivity index (χ1) is 15.8. The summed E-state index contributed by atoms with van der Waals surface area (Å²) in [6.07, 6.45) is -7.64. The summed E-state index contributed by atoms with van der Waals surface area (Å²) in [6.45, 7) is 1.45. The molecule has 0 heterocycles. The molecule has 0 atom stereocenters. The minimum absolute atomic E-state index is 0.0104. The molecule has 20 heteroatoms. The summed E-state index contributed by atoms with van der Waals surface area (Å²) in [5.41, 5.74) is -0.367. The van der Waals surface area contributed by atoms with E-state index in [0.29, 0.717) is 29.3 Å². The number of alkyl halides is 13. The van der Waals surface area contributed by atoms with Crippen LogP contribution in [0.1, 0.15) is 17.3 Å². The Morgan fingerprint density at radius 1 is 0.778 bits per heavy atom. The summed E-state index contributed by atoms with van der Waals surface area (Å²) in [4.78, 5) is 16.7. The number of halogens is 13. The van der Waals surface area contributed by atoms with Gasteiger partial charge in [-0.2, -0.15) is 65.5 Å². The predicted molar refractivity (Wildman–Crippen MR) is 90.5 cm³/mol. The maximum Gasteiger partial charge on any atom is 0.460 e. The van der Waals surface area contributed by atoms with E-state index < -0.39 is 56.9 Å². The average Bonchev–Trinajstić information content (AvgIpc) is 2.72. The van der Waals surface area contributed by atoms with Crippen molar-refractivity contribution in [1.82, 2.24) is 5.06 Å². The topological polar surface area (TPSA) is 72.9 Å². The van der Waals surface area contributed by atoms with Gasteiger partial charge >= 0.3 is 45.2 Å². The number of hydroxylamine groups is 2. The molecule has 0 aliphatic carbocycles. The van der Waals surface area contributed by atoms with E-state index in [9.17, 15) is 70.3 Å². The highest BCUT2D eigenvalue weighted by Gasteiger charge is 2.93. The molecular weight excluding hydrogens is 565 g/mol. The van der Waals surface area contributed by atoms with E-state index in [1.807, 2.05) is 0 Å². The summed E-state index contributed by atoms with van der Waals surface area (Å²) in [6, 6.07) is 1.88. The molecule has 0 fully saturated rings. The van der Waals surface area contributed by atoms with Crippen LogP contribution in [0.5, 0.6) is 5.75 Å². The Balaban J connectivity index is 3.40. The van der Waals surface area contributed by atoms with Crippen LogP contribution in [0.15, 0.2) is 24.3 Å². The molecule has 1 rings (SSSR count). The van der Waals surface area contributed by atoms with Crippen LogP contribution in [-0.2, 0) is 15.0 Å². The van der Waals surface area contributed by atoms with E-state index >= 15 is 0 Å². The van der Waals surface area contributed by atoms with Gasteiger partial charge in [0.1, 0.15) is 5.75 Å². The van der Waals surface area contributed by atoms with Crippen LogP contribution in [0.2, 0.25) is 0 Å². The third-order valence-electron chi connectivity index (χ3n) is 4.13. The van der Waals surface area contributed by atoms with Gasteiger partial charge in [-0.25, -0.2) is 5.06 Å². The number of amides is 1. The van der Waals surface area contributed by atoms with Crippen molar-refractivity contribution in [1.29, 1.82) is 0 Å². The molecule has 0 bridgehead atoms. The highest BCUT2D eigenvalue weighted by Crippen LogP contribution is 2.61. The Bertz CT molecular complexity index is 1060. The van der Waals surface area contributed by atoms with Crippen molar-refractivity contribution in [2.24, 2.45) is 0 Å². The van der Waals surface area contributed by atoms with E-state index in [1.54, 1.807) is 0 Å². The van der Waals surface area contributed by atoms with Crippen LogP contribution in [0.25, 0.3) is 0 Å². The molecule has 0 aromatic heterocycles. The zero-order valence-electron chi connectivity index (χ0n) is 17.3. The number of benzene rings is 1. The van der Waals surface area contributed by atoms with Gasteiger partial charge < -0.3 is 4.18 Å². The molecule has 1 aromatic carbocycles. The van der Waals surface area contributed by atoms with E-state index in [0.717, 1.165) is 7.05 Å². The zero-order valence-corrected chi connectivity index (χ0v) is 18.1. The molecule has 0 spiro atoms. The Labute approximate surface area is 192 Å². The van der Waals surface area contributed by atoms with Crippen LogP contribution in [0, 0.1) is 0 Å². The fourth-order valence-electron chi connectivity index (χ4n) is 2.18. The molecule has 0 aliphatic heterocycles. The molecule has 0 aliphatic rings. The fourth-order valence-corrected chi connectivity index (χ4v) is 3.09. The number of carbonyl (C=O) groups excluding carboxylic acids is 1. The Morgan fingerprint density at radius 2 is 1.19 bits per heavy atom. The lowest BCUT2D eigenvalue weighted by Crippen LogP contribution is -2.71. The maximum absolute atomic E-state index is 13.9. The quantitative estimate of drug-likeness (QED) is 0.220. The molecule has 0 N–H and O–H groups in total. The number of hydrogen-bond acceptors (Lipinski definition) is 5. The van der Waals surface area contributed by atoms with Crippen molar-refractivity contribution in [3.05, 3.63) is 29.8 Å². The van der Waals surface area contributed by atoms with Crippen LogP contribution in [0.4, 0.5) is 57.1 Å². The van der Waals surface area contributed by atoms with Gasteiger partial charge in [0, 0.05) is 12.6 Å². The third-order valence-corrected chi connectivity index (χ3v) is 5.43. The normalized spacial score (nSPS) is 14.5. The second-order valence-electron chi connectivity index (χ2n) is 6.59. The van der Waals surface area contributed by atoms with E-state index in [-0.39, 0.29) is 12.2 Å². The van der Waals surface area contributed by atoms with Gasteiger partial charge in [-0.05, 0) is 31.2 Å². The summed E-state index contributed by atoms with van der Waals surface area (Å²) in [7, 11) is -6.40. The van der Waals surface area contributed by atoms with Crippen molar-refractivity contribution in [3.63, 3.8) is 0 Å². The summed E-state index contributed by atoms with van der Waals surface area (Å²) < 4.78 is 197. The van der Waals surface area contributed by atoms with E-state index in [2.05, 4.69) is 4.18 Å². The van der Waals surface area contributed by atoms with Gasteiger partial charge in [0.25, 0.3) is 5.91 Å². The van der Waals surface area contributed by atoms with Gasteiger partial charge in [-0.15, -0.1) is 0 Å². The molecule has 1 amide bonds. The Kier molecular flexibility index (Phi) is 8.25. The lowest BCUT2D eigenvalue weighted by molar-refractivity contribution is -0.433. The molecule has 1 aromatic rings. The van der Waals surface area contributed by atoms with Crippen LogP contribution < -0.4 is 4.18 Å². The minimum Gasteiger partial charge on any atom is -0.378 e. The summed E-state index contributed by atoms with van der Waals surface area (Å²) >= 11 is 0. The second kappa shape index (κ2) is 9.42. The van der Waals surface area contributed by atoms with Gasteiger partial charge in [0.2, 0.25) is 0 Å². The van der Waals surface area contributed by atoms with Crippen LogP contribution in [0.3, 0.4) is 0 Å². The molecule has 208 valence electrons. The van der Waals surface area contributed by atoms with E-state index in [1.165, 1.54) is 6.92 Å². The van der Waals surface area contributed by atoms with Gasteiger partial charge in [0.15, 0.2) is 0 Å². The van der Waals surface area contributed by atoms with Crippen molar-refractivity contribution in [3.8, 4) is 5.75 Å². The van der Waals surface area contributed by atoms with Crippen molar-refractivity contribution >= 4 is 16.0 Å². The molecule has 6 nitrogen and oxygen atoms in total. The zero-order chi connectivity index (χ0) is 28.8. The van der Waals surface area contributed by atoms with Crippen molar-refractivity contribution in [2.45, 2.75) is 42.0 Å². The van der Waals surface area contributed by atoms with Crippen molar-refractivity contribution in [2.75, 3.05) is 13.7 Å². The SMILES string of the molecule is CCON(C)C(=O)c1ccc(OS(=O)(=O)C(F)(F)C(F)(F)C(F)(F)C(F)(F)C(F)(F)C(F)(F)F)cc1. The molecular formula is C16H12F13NO5S. The molecule has 0 radical (unpaired) electrons. The average molecular weight is 577 g/mol. The largest absolute Gasteiger partial charge is 0.460 e. The fraction of sp³-hybridized carbons (Fsp3) is 0.562. The van der Waals surface area contributed by atoms with Gasteiger partial charge in [0.05, 0.1) is 6.61 Å². The number of hydrogen-bond donors (Lipinski definition) is 0. The summed E-state index contributed by atoms with van der Waals surface area (Å²) in [5, 5.41) is -6.86. The third kappa shape index (κ3) is 4.88. The first kappa shape index (κ1) is 31.5. The summed E-state index contributed by atoms with van der Waals surface area (Å²) in [5.74, 6) is -35.0. The highest BCUT2D eigenvalue weighted by molar-refractivity contribution is 7.88. The first-order valence-corrected chi connectivity index (χ1v) is 10.1. The molecule has 0 unspecified atom stereocenters. The minimum atomic E-state index is -8.31. The number of nitrogens with zero attached hydrogens (tertiary/aromatic N) is 1. The second-order valence-corrected chi connectivity index (χ2v) is 8.18. The van der Waals surface area contributed by atoms with Gasteiger partial charge in [-0.1, -0.05) is 0 Å². The maximum atomic E-state index is 13.9. The Hall–Kier alpha value is -2.51. The Morgan fingerprint density at radius 3 is 1.58 bits per heavy atom. The van der Waals surface area contributed by atoms with Gasteiger partial charge in [-0.3, -0.25) is 9.63 Å². The van der Waals surface area contributed by atoms with Crippen molar-refractivity contribution < 1.29 is 79.3 Å². The standard InChI is InChI=1S/C16H12F13NO5S/c1-3-34-30(2)10(31)8-4-6-9(7-5-8)35-36(32,33)16(28,29)14(23,24)12(19,20)11(17,18)13(21,22)15(25,26)27/h4-7H,3H2,1-2H3. The monoisotopic (exact) mass is 577 g/mol. The highest BCUT2D eigenvalue weighted by atomic mass is 32.2. The molecule has 0 saturated carbocycles. The number of carbonyl (C=O) groups is 1. The molecule has 0 saturated heterocycles. The number of rotatable bonds is 10. The smallest absolute Gasteiger partial charge is 0.378 e. The first-order valence-electron chi connectivity index (χ1n) is 8.74. The van der Waals surface area contributed by atoms with Crippen LogP contribution >= 0.6 is 0 Å².